The van der Waals surface area contributed by atoms with Crippen LogP contribution in [0.1, 0.15) is 40.5 Å². The molecule has 0 aromatic heterocycles. The van der Waals surface area contributed by atoms with Crippen LogP contribution in [0.25, 0.3) is 0 Å². The number of nitrogens with zero attached hydrogens (tertiary/aromatic N) is 2. The van der Waals surface area contributed by atoms with Gasteiger partial charge in [-0.1, -0.05) is 20.8 Å². The summed E-state index contributed by atoms with van der Waals surface area (Å²) in [5, 5.41) is 26.0. The van der Waals surface area contributed by atoms with E-state index in [1.165, 1.54) is 21.6 Å². The van der Waals surface area contributed by atoms with Crippen LogP contribution in [-0.2, 0) is 19.2 Å². The SMILES string of the molecule is CC(C)C[C@H](O)C(=O)N[C@H](C)[C@H]1C(=O)N2C(C(=O)O)=C(S[C@@H]3CN[C@H](C(=O)N(C)C)C3)[C@H](C)[C@H]12. The van der Waals surface area contributed by atoms with E-state index in [4.69, 9.17) is 0 Å². The minimum atomic E-state index is -1.15. The van der Waals surface area contributed by atoms with Gasteiger partial charge in [-0.15, -0.1) is 11.8 Å². The van der Waals surface area contributed by atoms with Gasteiger partial charge in [0.2, 0.25) is 17.7 Å². The summed E-state index contributed by atoms with van der Waals surface area (Å²) in [5.74, 6) is -2.66. The lowest BCUT2D eigenvalue weighted by atomic mass is 9.78. The Hall–Kier alpha value is -2.11. The molecule has 2 saturated heterocycles. The predicted molar refractivity (Wildman–Crippen MR) is 127 cm³/mol. The number of aliphatic hydroxyl groups is 1. The highest BCUT2D eigenvalue weighted by molar-refractivity contribution is 8.03. The smallest absolute Gasteiger partial charge is 0.353 e. The van der Waals surface area contributed by atoms with E-state index < -0.39 is 29.9 Å². The molecule has 0 aliphatic carbocycles. The number of fused-ring (bicyclic) bond motifs is 1. The summed E-state index contributed by atoms with van der Waals surface area (Å²) < 4.78 is 0. The first-order valence-electron chi connectivity index (χ1n) is 11.7. The van der Waals surface area contributed by atoms with Crippen molar-refractivity contribution in [3.63, 3.8) is 0 Å². The van der Waals surface area contributed by atoms with E-state index in [1.807, 2.05) is 20.8 Å². The highest BCUT2D eigenvalue weighted by Crippen LogP contribution is 2.51. The zero-order chi connectivity index (χ0) is 25.5. The topological polar surface area (TPSA) is 139 Å². The second-order valence-corrected chi connectivity index (χ2v) is 11.5. The summed E-state index contributed by atoms with van der Waals surface area (Å²) in [5.41, 5.74) is 0.00417. The molecule has 11 heteroatoms. The molecule has 10 nitrogen and oxygen atoms in total. The van der Waals surface area contributed by atoms with E-state index in [0.29, 0.717) is 24.3 Å². The quantitative estimate of drug-likeness (QED) is 0.333. The van der Waals surface area contributed by atoms with Crippen molar-refractivity contribution in [2.24, 2.45) is 17.8 Å². The highest BCUT2D eigenvalue weighted by Gasteiger charge is 2.60. The van der Waals surface area contributed by atoms with Gasteiger partial charge in [-0.05, 0) is 25.7 Å². The molecule has 0 aromatic rings. The second-order valence-electron chi connectivity index (χ2n) is 10.1. The minimum Gasteiger partial charge on any atom is -0.477 e. The number of likely N-dealkylation sites (N-methyl/N-ethyl adjacent to an activating group) is 1. The number of rotatable bonds is 9. The lowest BCUT2D eigenvalue weighted by Gasteiger charge is -2.47. The third-order valence-corrected chi connectivity index (χ3v) is 8.33. The van der Waals surface area contributed by atoms with Crippen LogP contribution in [0, 0.1) is 17.8 Å². The van der Waals surface area contributed by atoms with Gasteiger partial charge < -0.3 is 30.6 Å². The van der Waals surface area contributed by atoms with Crippen molar-refractivity contribution in [1.82, 2.24) is 20.4 Å². The molecule has 2 fully saturated rings. The number of carbonyl (C=O) groups excluding carboxylic acids is 3. The first-order valence-corrected chi connectivity index (χ1v) is 12.6. The number of hydrogen-bond donors (Lipinski definition) is 4. The number of thioether (sulfide) groups is 1. The van der Waals surface area contributed by atoms with Crippen LogP contribution in [0.2, 0.25) is 0 Å². The van der Waals surface area contributed by atoms with Crippen molar-refractivity contribution < 1.29 is 29.4 Å². The Morgan fingerprint density at radius 3 is 2.47 bits per heavy atom. The number of amides is 3. The molecule has 3 amide bonds. The zero-order valence-electron chi connectivity index (χ0n) is 20.6. The van der Waals surface area contributed by atoms with Gasteiger partial charge in [0.05, 0.1) is 18.0 Å². The number of β-lactam (4-membered cyclic amide) rings is 1. The van der Waals surface area contributed by atoms with Crippen LogP contribution in [0.3, 0.4) is 0 Å². The number of carboxylic acids is 1. The molecular weight excluding hydrogens is 460 g/mol. The van der Waals surface area contributed by atoms with Gasteiger partial charge in [0.1, 0.15) is 11.8 Å². The van der Waals surface area contributed by atoms with Crippen molar-refractivity contribution in [3.8, 4) is 0 Å². The number of nitrogens with one attached hydrogen (secondary N) is 2. The van der Waals surface area contributed by atoms with E-state index in [2.05, 4.69) is 10.6 Å². The Bertz CT molecular complexity index is 891. The fraction of sp³-hybridized carbons (Fsp3) is 0.739. The minimum absolute atomic E-state index is 0.00417. The van der Waals surface area contributed by atoms with Gasteiger partial charge in [0, 0.05) is 42.8 Å². The average molecular weight is 497 g/mol. The van der Waals surface area contributed by atoms with E-state index >= 15 is 0 Å². The van der Waals surface area contributed by atoms with Crippen LogP contribution < -0.4 is 10.6 Å². The standard InChI is InChI=1S/C23H36N4O6S/c1-10(2)7-15(28)20(29)25-12(4)16-17-11(3)19(18(23(32)33)27(17)22(16)31)34-13-8-14(24-9-13)21(30)26(5)6/h10-17,24,28H,7-9H2,1-6H3,(H,25,29)(H,32,33)/t11-,12-,13+,14+,15+,16-,17-/m1/s1. The molecule has 3 aliphatic rings. The maximum Gasteiger partial charge on any atom is 0.353 e. The van der Waals surface area contributed by atoms with Crippen LogP contribution in [0.15, 0.2) is 10.6 Å². The lowest BCUT2D eigenvalue weighted by Crippen LogP contribution is -2.66. The van der Waals surface area contributed by atoms with Gasteiger partial charge >= 0.3 is 5.97 Å². The molecule has 3 rings (SSSR count). The maximum atomic E-state index is 13.0. The van der Waals surface area contributed by atoms with Crippen LogP contribution in [0.5, 0.6) is 0 Å². The number of carboxylic acid groups (broad SMARTS) is 1. The van der Waals surface area contributed by atoms with Crippen molar-refractivity contribution in [2.75, 3.05) is 20.6 Å². The molecule has 0 saturated carbocycles. The Morgan fingerprint density at radius 1 is 1.26 bits per heavy atom. The Balaban J connectivity index is 1.71. The normalized spacial score (nSPS) is 30.2. The Morgan fingerprint density at radius 2 is 1.91 bits per heavy atom. The number of aliphatic hydroxyl groups excluding tert-OH is 1. The number of hydrogen-bond acceptors (Lipinski definition) is 7. The summed E-state index contributed by atoms with van der Waals surface area (Å²) in [6.45, 7) is 8.01. The van der Waals surface area contributed by atoms with Crippen LogP contribution >= 0.6 is 11.8 Å². The van der Waals surface area contributed by atoms with Gasteiger partial charge in [-0.2, -0.15) is 0 Å². The molecule has 3 aliphatic heterocycles. The molecule has 0 aromatic carbocycles. The Kier molecular flexibility index (Phi) is 7.99. The molecular formula is C23H36N4O6S. The van der Waals surface area contributed by atoms with Gasteiger partial charge in [-0.3, -0.25) is 14.4 Å². The first-order chi connectivity index (χ1) is 15.8. The van der Waals surface area contributed by atoms with Gasteiger partial charge in [-0.25, -0.2) is 4.79 Å². The number of aliphatic carboxylic acids is 1. The summed E-state index contributed by atoms with van der Waals surface area (Å²) in [6.07, 6.45) is -0.254. The third-order valence-electron chi connectivity index (χ3n) is 6.82. The molecule has 0 spiro atoms. The molecule has 0 radical (unpaired) electrons. The fourth-order valence-electron chi connectivity index (χ4n) is 5.13. The van der Waals surface area contributed by atoms with Crippen LogP contribution in [-0.4, -0.2) is 93.8 Å². The summed E-state index contributed by atoms with van der Waals surface area (Å²) >= 11 is 1.43. The summed E-state index contributed by atoms with van der Waals surface area (Å²) in [7, 11) is 3.40. The van der Waals surface area contributed by atoms with E-state index in [-0.39, 0.29) is 46.7 Å². The average Bonchev–Trinajstić information content (AvgIpc) is 3.29. The maximum absolute atomic E-state index is 13.0. The third kappa shape index (κ3) is 4.96. The largest absolute Gasteiger partial charge is 0.477 e. The monoisotopic (exact) mass is 496 g/mol. The molecule has 3 heterocycles. The lowest BCUT2D eigenvalue weighted by molar-refractivity contribution is -0.159. The molecule has 0 bridgehead atoms. The van der Waals surface area contributed by atoms with Crippen molar-refractivity contribution in [2.45, 2.75) is 70.0 Å². The molecule has 4 N–H and O–H groups in total. The molecule has 34 heavy (non-hydrogen) atoms. The summed E-state index contributed by atoms with van der Waals surface area (Å²) in [4.78, 5) is 53.3. The summed E-state index contributed by atoms with van der Waals surface area (Å²) in [6, 6.07) is -1.22. The zero-order valence-corrected chi connectivity index (χ0v) is 21.4. The molecule has 7 atom stereocenters. The van der Waals surface area contributed by atoms with Crippen molar-refractivity contribution >= 4 is 35.5 Å². The predicted octanol–water partition coefficient (Wildman–Crippen LogP) is 0.223. The van der Waals surface area contributed by atoms with Crippen LogP contribution in [0.4, 0.5) is 0 Å². The van der Waals surface area contributed by atoms with Crippen molar-refractivity contribution in [1.29, 1.82) is 0 Å². The van der Waals surface area contributed by atoms with E-state index in [9.17, 15) is 29.4 Å². The fourth-order valence-corrected chi connectivity index (χ4v) is 6.61. The molecule has 0 unspecified atom stereocenters. The van der Waals surface area contributed by atoms with E-state index in [0.717, 1.165) is 0 Å². The molecule has 190 valence electrons. The second kappa shape index (κ2) is 10.2. The number of carbonyl (C=O) groups is 4. The van der Waals surface area contributed by atoms with Gasteiger partial charge in [0.15, 0.2) is 0 Å². The highest BCUT2D eigenvalue weighted by atomic mass is 32.2. The van der Waals surface area contributed by atoms with Gasteiger partial charge in [0.25, 0.3) is 0 Å². The van der Waals surface area contributed by atoms with E-state index in [1.54, 1.807) is 21.0 Å². The first kappa shape index (κ1) is 26.5. The van der Waals surface area contributed by atoms with Crippen molar-refractivity contribution in [3.05, 3.63) is 10.6 Å². The Labute approximate surface area is 204 Å².